The van der Waals surface area contributed by atoms with Crippen molar-refractivity contribution in [3.8, 4) is 0 Å². The second kappa shape index (κ2) is 11.0. The van der Waals surface area contributed by atoms with Crippen LogP contribution in [-0.4, -0.2) is 12.6 Å². The van der Waals surface area contributed by atoms with Crippen LogP contribution in [0.3, 0.4) is 0 Å². The molecule has 2 atom stereocenters. The summed E-state index contributed by atoms with van der Waals surface area (Å²) in [6.45, 7) is 13.2. The number of hydrogen-bond acceptors (Lipinski definition) is 1. The molecule has 1 nitrogen and oxygen atoms in total. The van der Waals surface area contributed by atoms with E-state index in [0.717, 1.165) is 12.0 Å². The van der Waals surface area contributed by atoms with E-state index in [2.05, 4.69) is 29.6 Å². The molecule has 1 aliphatic carbocycles. The maximum atomic E-state index is 3.59. The molecular weight excluding hydrogens is 230 g/mol. The molecule has 1 aliphatic heterocycles. The molecule has 1 aromatic rings. The highest BCUT2D eigenvalue weighted by molar-refractivity contribution is 5.34. The molecule has 3 rings (SSSR count). The number of hydrogen-bond donors (Lipinski definition) is 1. The third-order valence-corrected chi connectivity index (χ3v) is 3.46. The Bertz CT molecular complexity index is 319. The van der Waals surface area contributed by atoms with Crippen LogP contribution in [0.4, 0.5) is 0 Å². The van der Waals surface area contributed by atoms with Gasteiger partial charge in [-0.1, -0.05) is 65.8 Å². The summed E-state index contributed by atoms with van der Waals surface area (Å²) < 4.78 is 0. The van der Waals surface area contributed by atoms with Gasteiger partial charge in [0.05, 0.1) is 0 Å². The molecule has 0 spiro atoms. The van der Waals surface area contributed by atoms with E-state index in [9.17, 15) is 0 Å². The zero-order valence-electron chi connectivity index (χ0n) is 13.8. The van der Waals surface area contributed by atoms with Gasteiger partial charge in [-0.25, -0.2) is 0 Å². The van der Waals surface area contributed by atoms with Gasteiger partial charge in [-0.05, 0) is 42.9 Å². The van der Waals surface area contributed by atoms with Gasteiger partial charge in [0.1, 0.15) is 0 Å². The van der Waals surface area contributed by atoms with Gasteiger partial charge in [0.25, 0.3) is 0 Å². The Morgan fingerprint density at radius 3 is 2.26 bits per heavy atom. The molecule has 0 aromatic heterocycles. The number of benzene rings is 1. The molecule has 2 aliphatic rings. The van der Waals surface area contributed by atoms with Crippen LogP contribution in [0, 0.1) is 0 Å². The predicted molar refractivity (Wildman–Crippen MR) is 88.0 cm³/mol. The van der Waals surface area contributed by atoms with Crippen LogP contribution < -0.4 is 5.32 Å². The van der Waals surface area contributed by atoms with Crippen molar-refractivity contribution < 1.29 is 0 Å². The van der Waals surface area contributed by atoms with Gasteiger partial charge in [0.2, 0.25) is 0 Å². The minimum absolute atomic E-state index is 0.758. The Balaban J connectivity index is 0.000000482. The first-order chi connectivity index (χ1) is 9.43. The summed E-state index contributed by atoms with van der Waals surface area (Å²) >= 11 is 0. The fraction of sp³-hybridized carbons (Fsp3) is 0.667. The van der Waals surface area contributed by atoms with Crippen LogP contribution in [0.5, 0.6) is 0 Å². The number of rotatable bonds is 0. The van der Waals surface area contributed by atoms with Gasteiger partial charge in [0.15, 0.2) is 0 Å². The second-order valence-electron chi connectivity index (χ2n) is 4.28. The highest BCUT2D eigenvalue weighted by Gasteiger charge is 2.29. The SMILES string of the molecule is CC.CC.CC.c1ccc2c(c1)CC1CC2CCN1. The van der Waals surface area contributed by atoms with E-state index in [-0.39, 0.29) is 0 Å². The third-order valence-electron chi connectivity index (χ3n) is 3.46. The zero-order valence-corrected chi connectivity index (χ0v) is 13.8. The Hall–Kier alpha value is -0.820. The Kier molecular flexibility index (Phi) is 10.6. The highest BCUT2D eigenvalue weighted by Crippen LogP contribution is 2.35. The second-order valence-corrected chi connectivity index (χ2v) is 4.28. The highest BCUT2D eigenvalue weighted by atomic mass is 14.9. The van der Waals surface area contributed by atoms with E-state index in [0.29, 0.717) is 0 Å². The lowest BCUT2D eigenvalue weighted by Crippen LogP contribution is -2.41. The van der Waals surface area contributed by atoms with Crippen molar-refractivity contribution in [1.29, 1.82) is 0 Å². The van der Waals surface area contributed by atoms with Crippen molar-refractivity contribution in [1.82, 2.24) is 5.32 Å². The summed E-state index contributed by atoms with van der Waals surface area (Å²) in [4.78, 5) is 0. The summed E-state index contributed by atoms with van der Waals surface area (Å²) in [6.07, 6.45) is 3.93. The summed E-state index contributed by atoms with van der Waals surface area (Å²) in [5, 5.41) is 3.59. The van der Waals surface area contributed by atoms with E-state index in [1.54, 1.807) is 11.1 Å². The molecule has 110 valence electrons. The largest absolute Gasteiger partial charge is 0.314 e. The monoisotopic (exact) mass is 263 g/mol. The van der Waals surface area contributed by atoms with Gasteiger partial charge in [0, 0.05) is 6.04 Å². The van der Waals surface area contributed by atoms with Gasteiger partial charge in [-0.2, -0.15) is 0 Å². The first kappa shape index (κ1) is 18.2. The smallest absolute Gasteiger partial charge is 0.0113 e. The van der Waals surface area contributed by atoms with Crippen LogP contribution in [0.2, 0.25) is 0 Å². The van der Waals surface area contributed by atoms with Gasteiger partial charge in [-0.3, -0.25) is 0 Å². The van der Waals surface area contributed by atoms with E-state index in [1.165, 1.54) is 25.8 Å². The Morgan fingerprint density at radius 1 is 0.947 bits per heavy atom. The molecule has 1 heteroatoms. The topological polar surface area (TPSA) is 12.0 Å². The van der Waals surface area contributed by atoms with E-state index >= 15 is 0 Å². The molecule has 1 heterocycles. The molecule has 0 amide bonds. The van der Waals surface area contributed by atoms with Crippen LogP contribution in [-0.2, 0) is 6.42 Å². The standard InChI is InChI=1S/C12H15N.3C2H6/c1-2-4-12-9(3-1)7-11-8-10(12)5-6-13-11;3*1-2/h1-4,10-11,13H,5-8H2;3*1-2H3. The van der Waals surface area contributed by atoms with Crippen LogP contribution >= 0.6 is 0 Å². The third kappa shape index (κ3) is 4.99. The molecular formula is C18H33N. The van der Waals surface area contributed by atoms with Gasteiger partial charge >= 0.3 is 0 Å². The van der Waals surface area contributed by atoms with Crippen molar-refractivity contribution in [2.75, 3.05) is 6.54 Å². The molecule has 19 heavy (non-hydrogen) atoms. The van der Waals surface area contributed by atoms with Crippen molar-refractivity contribution in [2.24, 2.45) is 0 Å². The number of piperidine rings is 1. The lowest BCUT2D eigenvalue weighted by Gasteiger charge is -2.36. The summed E-state index contributed by atoms with van der Waals surface area (Å²) in [5.74, 6) is 0.844. The Morgan fingerprint density at radius 2 is 1.58 bits per heavy atom. The van der Waals surface area contributed by atoms with Crippen molar-refractivity contribution in [2.45, 2.75) is 72.8 Å². The van der Waals surface area contributed by atoms with Crippen molar-refractivity contribution >= 4 is 0 Å². The van der Waals surface area contributed by atoms with E-state index < -0.39 is 0 Å². The molecule has 1 N–H and O–H groups in total. The molecule has 1 aromatic carbocycles. The van der Waals surface area contributed by atoms with Crippen molar-refractivity contribution in [3.05, 3.63) is 35.4 Å². The average molecular weight is 263 g/mol. The summed E-state index contributed by atoms with van der Waals surface area (Å²) in [7, 11) is 0. The summed E-state index contributed by atoms with van der Waals surface area (Å²) in [5.41, 5.74) is 3.20. The first-order valence-corrected chi connectivity index (χ1v) is 8.24. The maximum Gasteiger partial charge on any atom is 0.0113 e. The number of fused-ring (bicyclic) bond motifs is 4. The van der Waals surface area contributed by atoms with Gasteiger partial charge < -0.3 is 5.32 Å². The maximum absolute atomic E-state index is 3.59. The average Bonchev–Trinajstić information content (AvgIpc) is 2.54. The predicted octanol–water partition coefficient (Wildman–Crippen LogP) is 5.16. The molecule has 1 fully saturated rings. The fourth-order valence-electron chi connectivity index (χ4n) is 2.83. The van der Waals surface area contributed by atoms with Crippen molar-refractivity contribution in [3.63, 3.8) is 0 Å². The minimum atomic E-state index is 0.758. The zero-order chi connectivity index (χ0) is 14.7. The van der Waals surface area contributed by atoms with Crippen LogP contribution in [0.15, 0.2) is 24.3 Å². The molecule has 0 radical (unpaired) electrons. The van der Waals surface area contributed by atoms with E-state index in [4.69, 9.17) is 0 Å². The molecule has 1 saturated heterocycles. The van der Waals surface area contributed by atoms with Gasteiger partial charge in [-0.15, -0.1) is 0 Å². The lowest BCUT2D eigenvalue weighted by molar-refractivity contribution is 0.339. The minimum Gasteiger partial charge on any atom is -0.314 e. The molecule has 2 bridgehead atoms. The normalized spacial score (nSPS) is 22.2. The fourth-order valence-corrected chi connectivity index (χ4v) is 2.83. The van der Waals surface area contributed by atoms with Crippen LogP contribution in [0.1, 0.15) is 71.4 Å². The number of nitrogens with one attached hydrogen (secondary N) is 1. The Labute approximate surface area is 120 Å². The molecule has 0 saturated carbocycles. The quantitative estimate of drug-likeness (QED) is 0.682. The molecule has 2 unspecified atom stereocenters. The summed E-state index contributed by atoms with van der Waals surface area (Å²) in [6, 6.07) is 9.72. The van der Waals surface area contributed by atoms with Crippen LogP contribution in [0.25, 0.3) is 0 Å². The van der Waals surface area contributed by atoms with E-state index in [1.807, 2.05) is 41.5 Å². The first-order valence-electron chi connectivity index (χ1n) is 8.24. The lowest BCUT2D eigenvalue weighted by atomic mass is 9.76.